The molecule has 1 saturated carbocycles. The van der Waals surface area contributed by atoms with Crippen LogP contribution in [0.25, 0.3) is 5.65 Å². The number of aromatic nitrogens is 3. The minimum absolute atomic E-state index is 0.0328. The van der Waals surface area contributed by atoms with E-state index in [1.807, 2.05) is 17.9 Å². The summed E-state index contributed by atoms with van der Waals surface area (Å²) in [6.45, 7) is 4.76. The molecule has 3 atom stereocenters. The first-order valence-corrected chi connectivity index (χ1v) is 8.44. The van der Waals surface area contributed by atoms with Crippen molar-refractivity contribution in [3.8, 4) is 0 Å². The van der Waals surface area contributed by atoms with Crippen molar-refractivity contribution in [1.82, 2.24) is 19.5 Å². The molecular weight excluding hydrogens is 292 g/mol. The Labute approximate surface area is 134 Å². The van der Waals surface area contributed by atoms with Gasteiger partial charge in [-0.05, 0) is 38.5 Å². The van der Waals surface area contributed by atoms with Gasteiger partial charge in [0.15, 0.2) is 5.65 Å². The third-order valence-corrected chi connectivity index (χ3v) is 5.17. The second-order valence-corrected chi connectivity index (χ2v) is 7.00. The predicted octanol–water partition coefficient (Wildman–Crippen LogP) is 2.04. The fourth-order valence-electron chi connectivity index (χ4n) is 3.70. The second-order valence-electron chi connectivity index (χ2n) is 7.00. The molecule has 0 aromatic carbocycles. The van der Waals surface area contributed by atoms with Gasteiger partial charge in [-0.3, -0.25) is 14.7 Å². The molecule has 2 aromatic heterocycles. The van der Waals surface area contributed by atoms with Gasteiger partial charge < -0.3 is 4.90 Å². The van der Waals surface area contributed by atoms with Crippen molar-refractivity contribution < 1.29 is 4.79 Å². The van der Waals surface area contributed by atoms with E-state index in [9.17, 15) is 9.59 Å². The van der Waals surface area contributed by atoms with Crippen LogP contribution in [0.15, 0.2) is 16.9 Å². The van der Waals surface area contributed by atoms with Crippen LogP contribution in [0.4, 0.5) is 0 Å². The Morgan fingerprint density at radius 1 is 1.35 bits per heavy atom. The Bertz CT molecular complexity index is 822. The summed E-state index contributed by atoms with van der Waals surface area (Å²) in [7, 11) is 0. The molecule has 4 rings (SSSR count). The van der Waals surface area contributed by atoms with Crippen molar-refractivity contribution in [3.05, 3.63) is 33.9 Å². The van der Waals surface area contributed by atoms with Crippen LogP contribution in [0.1, 0.15) is 50.0 Å². The van der Waals surface area contributed by atoms with Gasteiger partial charge >= 0.3 is 0 Å². The molecule has 1 N–H and O–H groups in total. The lowest BCUT2D eigenvalue weighted by molar-refractivity contribution is -0.136. The lowest BCUT2D eigenvalue weighted by Crippen LogP contribution is -2.39. The van der Waals surface area contributed by atoms with Gasteiger partial charge in [0.1, 0.15) is 0 Å². The quantitative estimate of drug-likeness (QED) is 0.922. The lowest BCUT2D eigenvalue weighted by atomic mass is 9.98. The molecule has 2 aromatic rings. The third kappa shape index (κ3) is 2.46. The molecule has 6 nitrogen and oxygen atoms in total. The molecule has 6 heteroatoms. The highest BCUT2D eigenvalue weighted by Gasteiger charge is 2.44. The summed E-state index contributed by atoms with van der Waals surface area (Å²) < 4.78 is 1.47. The van der Waals surface area contributed by atoms with Crippen LogP contribution in [0, 0.1) is 18.8 Å². The summed E-state index contributed by atoms with van der Waals surface area (Å²) in [6.07, 6.45) is 4.11. The highest BCUT2D eigenvalue weighted by atomic mass is 16.2. The van der Waals surface area contributed by atoms with Crippen molar-refractivity contribution in [1.29, 1.82) is 0 Å². The van der Waals surface area contributed by atoms with Crippen LogP contribution in [0.3, 0.4) is 0 Å². The van der Waals surface area contributed by atoms with Gasteiger partial charge in [-0.15, -0.1) is 0 Å². The van der Waals surface area contributed by atoms with E-state index in [1.165, 1.54) is 10.6 Å². The van der Waals surface area contributed by atoms with Gasteiger partial charge in [0.2, 0.25) is 5.91 Å². The summed E-state index contributed by atoms with van der Waals surface area (Å²) in [6, 6.07) is 3.47. The van der Waals surface area contributed by atoms with Crippen molar-refractivity contribution in [3.63, 3.8) is 0 Å². The predicted molar refractivity (Wildman–Crippen MR) is 86.1 cm³/mol. The zero-order chi connectivity index (χ0) is 16.1. The number of aryl methyl sites for hydroxylation is 1. The number of rotatable bonds is 2. The molecule has 0 radical (unpaired) electrons. The molecule has 0 unspecified atom stereocenters. The number of likely N-dealkylation sites (tertiary alicyclic amines) is 1. The first-order valence-electron chi connectivity index (χ1n) is 8.44. The monoisotopic (exact) mass is 314 g/mol. The number of fused-ring (bicyclic) bond motifs is 1. The summed E-state index contributed by atoms with van der Waals surface area (Å²) in [4.78, 5) is 31.2. The minimum atomic E-state index is -0.108. The van der Waals surface area contributed by atoms with Crippen molar-refractivity contribution in [2.24, 2.45) is 11.8 Å². The minimum Gasteiger partial charge on any atom is -0.334 e. The standard InChI is InChI=1S/C17H22N4O2/c1-10-7-12(10)17(23)20-6-4-3-5-14(20)13-9-15-18-11(2)8-16(22)21(15)19-13/h8-10,12,14,19H,3-7H2,1-2H3/t10-,12+,14+/m0/s1. The number of hydrogen-bond acceptors (Lipinski definition) is 3. The highest BCUT2D eigenvalue weighted by molar-refractivity contribution is 5.82. The van der Waals surface area contributed by atoms with Gasteiger partial charge in [-0.25, -0.2) is 9.50 Å². The van der Waals surface area contributed by atoms with Gasteiger partial charge in [0.05, 0.1) is 11.7 Å². The zero-order valence-corrected chi connectivity index (χ0v) is 13.6. The SMILES string of the molecule is Cc1cc(=O)n2[nH]c([C@H]3CCCCN3C(=O)[C@@H]3C[C@@H]3C)cc2n1. The maximum atomic E-state index is 12.7. The van der Waals surface area contributed by atoms with E-state index in [4.69, 9.17) is 0 Å². The molecular formula is C17H22N4O2. The Morgan fingerprint density at radius 3 is 2.87 bits per heavy atom. The number of piperidine rings is 1. The Morgan fingerprint density at radius 2 is 2.13 bits per heavy atom. The van der Waals surface area contributed by atoms with E-state index in [1.54, 1.807) is 0 Å². The first kappa shape index (κ1) is 14.5. The number of nitrogens with zero attached hydrogens (tertiary/aromatic N) is 3. The molecule has 0 bridgehead atoms. The molecule has 1 aliphatic heterocycles. The number of carbonyl (C=O) groups excluding carboxylic acids is 1. The normalized spacial score (nSPS) is 27.4. The fraction of sp³-hybridized carbons (Fsp3) is 0.588. The smallest absolute Gasteiger partial charge is 0.272 e. The van der Waals surface area contributed by atoms with E-state index in [0.717, 1.165) is 37.9 Å². The largest absolute Gasteiger partial charge is 0.334 e. The van der Waals surface area contributed by atoms with Crippen LogP contribution in [0.5, 0.6) is 0 Å². The van der Waals surface area contributed by atoms with Crippen molar-refractivity contribution in [2.75, 3.05) is 6.54 Å². The van der Waals surface area contributed by atoms with E-state index >= 15 is 0 Å². The average molecular weight is 314 g/mol. The molecule has 1 saturated heterocycles. The number of hydrogen-bond donors (Lipinski definition) is 1. The second kappa shape index (κ2) is 5.22. The maximum absolute atomic E-state index is 12.7. The zero-order valence-electron chi connectivity index (χ0n) is 13.6. The molecule has 122 valence electrons. The Hall–Kier alpha value is -2.11. The molecule has 2 aliphatic rings. The Balaban J connectivity index is 1.70. The van der Waals surface area contributed by atoms with E-state index in [2.05, 4.69) is 17.0 Å². The molecule has 1 aliphatic carbocycles. The average Bonchev–Trinajstić information content (AvgIpc) is 3.09. The number of amides is 1. The van der Waals surface area contributed by atoms with Crippen LogP contribution in [0.2, 0.25) is 0 Å². The lowest BCUT2D eigenvalue weighted by Gasteiger charge is -2.35. The summed E-state index contributed by atoms with van der Waals surface area (Å²) in [5, 5.41) is 3.16. The molecule has 0 spiro atoms. The first-order chi connectivity index (χ1) is 11.0. The van der Waals surface area contributed by atoms with Gasteiger partial charge in [0, 0.05) is 30.3 Å². The van der Waals surface area contributed by atoms with E-state index < -0.39 is 0 Å². The van der Waals surface area contributed by atoms with E-state index in [-0.39, 0.29) is 23.4 Å². The van der Waals surface area contributed by atoms with E-state index in [0.29, 0.717) is 17.3 Å². The number of carbonyl (C=O) groups is 1. The highest BCUT2D eigenvalue weighted by Crippen LogP contribution is 2.42. The van der Waals surface area contributed by atoms with Crippen LogP contribution in [-0.2, 0) is 4.79 Å². The Kier molecular flexibility index (Phi) is 3.28. The van der Waals surface area contributed by atoms with Gasteiger partial charge in [-0.2, -0.15) is 0 Å². The summed E-state index contributed by atoms with van der Waals surface area (Å²) >= 11 is 0. The van der Waals surface area contributed by atoms with Crippen molar-refractivity contribution >= 4 is 11.6 Å². The van der Waals surface area contributed by atoms with Crippen molar-refractivity contribution in [2.45, 2.75) is 45.6 Å². The number of aromatic amines is 1. The third-order valence-electron chi connectivity index (χ3n) is 5.17. The molecule has 1 amide bonds. The van der Waals surface area contributed by atoms with Gasteiger partial charge in [0.25, 0.3) is 5.56 Å². The van der Waals surface area contributed by atoms with Gasteiger partial charge in [-0.1, -0.05) is 6.92 Å². The summed E-state index contributed by atoms with van der Waals surface area (Å²) in [5.74, 6) is 0.986. The van der Waals surface area contributed by atoms with Crippen LogP contribution >= 0.6 is 0 Å². The number of nitrogens with one attached hydrogen (secondary N) is 1. The van der Waals surface area contributed by atoms with Crippen LogP contribution in [-0.4, -0.2) is 31.9 Å². The maximum Gasteiger partial charge on any atom is 0.272 e. The molecule has 23 heavy (non-hydrogen) atoms. The van der Waals surface area contributed by atoms with Crippen LogP contribution < -0.4 is 5.56 Å². The topological polar surface area (TPSA) is 70.5 Å². The number of H-pyrrole nitrogens is 1. The summed E-state index contributed by atoms with van der Waals surface area (Å²) in [5.41, 5.74) is 2.15. The fourth-order valence-corrected chi connectivity index (χ4v) is 3.70. The molecule has 2 fully saturated rings. The molecule has 3 heterocycles.